The Bertz CT molecular complexity index is 3570. The van der Waals surface area contributed by atoms with Crippen molar-refractivity contribution in [3.63, 3.8) is 0 Å². The highest BCUT2D eigenvalue weighted by Gasteiger charge is 2.23. The third kappa shape index (κ3) is 5.90. The van der Waals surface area contributed by atoms with E-state index in [9.17, 15) is 0 Å². The number of benzene rings is 9. The molecule has 5 nitrogen and oxygen atoms in total. The van der Waals surface area contributed by atoms with Crippen molar-refractivity contribution in [3.8, 4) is 67.8 Å². The fourth-order valence-corrected chi connectivity index (χ4v) is 9.15. The van der Waals surface area contributed by atoms with Crippen LogP contribution in [0.15, 0.2) is 224 Å². The first-order valence-corrected chi connectivity index (χ1v) is 21.0. The normalized spacial score (nSPS) is 11.5. The first-order valence-electron chi connectivity index (χ1n) is 21.0. The number of fused-ring (bicyclic) bond motifs is 7. The third-order valence-electron chi connectivity index (χ3n) is 12.0. The van der Waals surface area contributed by atoms with Crippen molar-refractivity contribution in [1.29, 1.82) is 0 Å². The lowest BCUT2D eigenvalue weighted by Crippen LogP contribution is -2.01. The van der Waals surface area contributed by atoms with E-state index in [2.05, 4.69) is 173 Å². The zero-order valence-corrected chi connectivity index (χ0v) is 33.6. The molecule has 12 rings (SSSR count). The predicted octanol–water partition coefficient (Wildman–Crippen LogP) is 14.4. The Balaban J connectivity index is 1.07. The van der Waals surface area contributed by atoms with Crippen LogP contribution >= 0.6 is 0 Å². The quantitative estimate of drug-likeness (QED) is 0.162. The molecule has 0 aliphatic heterocycles. The van der Waals surface area contributed by atoms with Gasteiger partial charge in [0.15, 0.2) is 17.5 Å². The fourth-order valence-electron chi connectivity index (χ4n) is 9.15. The van der Waals surface area contributed by atoms with E-state index in [0.717, 1.165) is 44.7 Å². The molecule has 3 aromatic heterocycles. The van der Waals surface area contributed by atoms with Crippen LogP contribution in [-0.4, -0.2) is 24.1 Å². The minimum atomic E-state index is 0.629. The Hall–Kier alpha value is -8.41. The van der Waals surface area contributed by atoms with Gasteiger partial charge >= 0.3 is 0 Å². The van der Waals surface area contributed by atoms with Crippen molar-refractivity contribution in [2.45, 2.75) is 0 Å². The summed E-state index contributed by atoms with van der Waals surface area (Å²) >= 11 is 0. The van der Waals surface area contributed by atoms with Crippen LogP contribution in [0.2, 0.25) is 0 Å². The SMILES string of the molecule is c1ccc(-c2nc(-c3ccccc3)nc(-c3cccc(-c4cccc(-n5c6ccccc6c6ccc7c8ccccc8n(-c8ccccc8-c8ccccc8)c7c65)c4)c3)n2)cc1. The summed E-state index contributed by atoms with van der Waals surface area (Å²) in [5, 5.41) is 4.85. The van der Waals surface area contributed by atoms with E-state index in [-0.39, 0.29) is 0 Å². The first kappa shape index (κ1) is 35.5. The lowest BCUT2D eigenvalue weighted by molar-refractivity contribution is 1.07. The number of aromatic nitrogens is 5. The minimum absolute atomic E-state index is 0.629. The Morgan fingerprint density at radius 2 is 0.710 bits per heavy atom. The molecule has 0 bridgehead atoms. The van der Waals surface area contributed by atoms with Gasteiger partial charge in [0.2, 0.25) is 0 Å². The first-order chi connectivity index (χ1) is 30.8. The molecule has 0 atom stereocenters. The van der Waals surface area contributed by atoms with Crippen molar-refractivity contribution < 1.29 is 0 Å². The lowest BCUT2D eigenvalue weighted by atomic mass is 10.0. The van der Waals surface area contributed by atoms with Crippen LogP contribution in [0, 0.1) is 0 Å². The summed E-state index contributed by atoms with van der Waals surface area (Å²) in [6, 6.07) is 79.4. The second-order valence-electron chi connectivity index (χ2n) is 15.6. The molecule has 0 unspecified atom stereocenters. The Kier molecular flexibility index (Phi) is 8.42. The Morgan fingerprint density at radius 1 is 0.274 bits per heavy atom. The zero-order chi connectivity index (χ0) is 41.0. The van der Waals surface area contributed by atoms with Gasteiger partial charge in [0.1, 0.15) is 0 Å². The molecule has 0 fully saturated rings. The molecule has 0 N–H and O–H groups in total. The second kappa shape index (κ2) is 14.7. The van der Waals surface area contributed by atoms with Gasteiger partial charge in [0.25, 0.3) is 0 Å². The molecule has 9 aromatic carbocycles. The van der Waals surface area contributed by atoms with Crippen molar-refractivity contribution in [1.82, 2.24) is 24.1 Å². The van der Waals surface area contributed by atoms with E-state index >= 15 is 0 Å². The van der Waals surface area contributed by atoms with Gasteiger partial charge < -0.3 is 9.13 Å². The number of para-hydroxylation sites is 3. The van der Waals surface area contributed by atoms with Gasteiger partial charge in [-0.1, -0.05) is 188 Å². The third-order valence-corrected chi connectivity index (χ3v) is 12.0. The van der Waals surface area contributed by atoms with Crippen LogP contribution < -0.4 is 0 Å². The van der Waals surface area contributed by atoms with E-state index in [1.165, 1.54) is 49.2 Å². The highest BCUT2D eigenvalue weighted by Crippen LogP contribution is 2.43. The highest BCUT2D eigenvalue weighted by molar-refractivity contribution is 6.24. The van der Waals surface area contributed by atoms with E-state index < -0.39 is 0 Å². The molecular weight excluding hydrogens is 755 g/mol. The maximum absolute atomic E-state index is 5.04. The average molecular weight is 792 g/mol. The molecule has 290 valence electrons. The summed E-state index contributed by atoms with van der Waals surface area (Å²) in [5.74, 6) is 1.91. The number of nitrogens with zero attached hydrogens (tertiary/aromatic N) is 5. The monoisotopic (exact) mass is 791 g/mol. The number of hydrogen-bond acceptors (Lipinski definition) is 3. The molecule has 0 saturated heterocycles. The van der Waals surface area contributed by atoms with Gasteiger partial charge in [-0.25, -0.2) is 15.0 Å². The van der Waals surface area contributed by atoms with E-state index in [1.807, 2.05) is 60.7 Å². The van der Waals surface area contributed by atoms with Crippen molar-refractivity contribution in [3.05, 3.63) is 224 Å². The molecule has 0 aliphatic carbocycles. The summed E-state index contributed by atoms with van der Waals surface area (Å²) in [7, 11) is 0. The smallest absolute Gasteiger partial charge is 0.164 e. The second-order valence-corrected chi connectivity index (χ2v) is 15.6. The molecule has 0 saturated carbocycles. The molecule has 0 aliphatic rings. The molecule has 0 amide bonds. The minimum Gasteiger partial charge on any atom is -0.307 e. The molecule has 0 spiro atoms. The summed E-state index contributed by atoms with van der Waals surface area (Å²) in [4.78, 5) is 15.0. The predicted molar refractivity (Wildman–Crippen MR) is 256 cm³/mol. The maximum Gasteiger partial charge on any atom is 0.164 e. The standard InChI is InChI=1S/C57H37N5/c1-4-18-38(19-5-1)45-28-10-13-31-50(45)62-52-33-15-12-30-47(52)49-35-34-48-46-29-11-14-32-51(46)61(53(48)54(49)62)44-27-17-25-42(37-44)41-24-16-26-43(36-41)57-59-55(39-20-6-2-7-21-39)58-56(60-57)40-22-8-3-9-23-40/h1-37H. The fraction of sp³-hybridized carbons (Fsp3) is 0. The van der Waals surface area contributed by atoms with Crippen LogP contribution in [0.3, 0.4) is 0 Å². The topological polar surface area (TPSA) is 48.5 Å². The highest BCUT2D eigenvalue weighted by atomic mass is 15.1. The van der Waals surface area contributed by atoms with Gasteiger partial charge in [0, 0.05) is 49.5 Å². The largest absolute Gasteiger partial charge is 0.307 e. The lowest BCUT2D eigenvalue weighted by Gasteiger charge is -2.16. The summed E-state index contributed by atoms with van der Waals surface area (Å²) in [5.41, 5.74) is 14.2. The van der Waals surface area contributed by atoms with Gasteiger partial charge in [-0.3, -0.25) is 0 Å². The van der Waals surface area contributed by atoms with Crippen molar-refractivity contribution in [2.24, 2.45) is 0 Å². The van der Waals surface area contributed by atoms with Gasteiger partial charge in [-0.05, 0) is 53.1 Å². The van der Waals surface area contributed by atoms with Crippen LogP contribution in [0.5, 0.6) is 0 Å². The van der Waals surface area contributed by atoms with Crippen LogP contribution in [0.1, 0.15) is 0 Å². The van der Waals surface area contributed by atoms with Crippen LogP contribution in [-0.2, 0) is 0 Å². The van der Waals surface area contributed by atoms with Gasteiger partial charge in [-0.15, -0.1) is 0 Å². The van der Waals surface area contributed by atoms with E-state index in [4.69, 9.17) is 15.0 Å². The number of hydrogen-bond donors (Lipinski definition) is 0. The summed E-state index contributed by atoms with van der Waals surface area (Å²) in [6.07, 6.45) is 0. The summed E-state index contributed by atoms with van der Waals surface area (Å²) in [6.45, 7) is 0. The Labute approximate surface area is 358 Å². The Morgan fingerprint density at radius 3 is 1.34 bits per heavy atom. The molecule has 62 heavy (non-hydrogen) atoms. The van der Waals surface area contributed by atoms with E-state index in [1.54, 1.807) is 0 Å². The van der Waals surface area contributed by atoms with Crippen LogP contribution in [0.4, 0.5) is 0 Å². The van der Waals surface area contributed by atoms with E-state index in [0.29, 0.717) is 17.5 Å². The maximum atomic E-state index is 5.04. The molecule has 0 radical (unpaired) electrons. The van der Waals surface area contributed by atoms with Gasteiger partial charge in [0.05, 0.1) is 27.8 Å². The molecule has 12 aromatic rings. The van der Waals surface area contributed by atoms with Crippen LogP contribution in [0.25, 0.3) is 111 Å². The molecular formula is C57H37N5. The molecule has 3 heterocycles. The van der Waals surface area contributed by atoms with Crippen molar-refractivity contribution >= 4 is 43.6 Å². The average Bonchev–Trinajstić information content (AvgIpc) is 3.88. The van der Waals surface area contributed by atoms with Crippen molar-refractivity contribution in [2.75, 3.05) is 0 Å². The molecule has 5 heteroatoms. The van der Waals surface area contributed by atoms with Gasteiger partial charge in [-0.2, -0.15) is 0 Å². The zero-order valence-electron chi connectivity index (χ0n) is 33.6. The summed E-state index contributed by atoms with van der Waals surface area (Å²) < 4.78 is 4.95. The number of rotatable bonds is 7.